The summed E-state index contributed by atoms with van der Waals surface area (Å²) >= 11 is 0. The van der Waals surface area contributed by atoms with Crippen LogP contribution in [-0.4, -0.2) is 35.8 Å². The molecule has 2 rings (SSSR count). The molecule has 5 heteroatoms. The number of ether oxygens (including phenoxy) is 2. The summed E-state index contributed by atoms with van der Waals surface area (Å²) < 4.78 is 10.9. The number of aryl methyl sites for hydroxylation is 1. The van der Waals surface area contributed by atoms with Crippen molar-refractivity contribution in [2.75, 3.05) is 25.1 Å². The highest BCUT2D eigenvalue weighted by Gasteiger charge is 2.22. The molecule has 1 aromatic rings. The van der Waals surface area contributed by atoms with Crippen molar-refractivity contribution in [2.45, 2.75) is 33.2 Å². The van der Waals surface area contributed by atoms with Crippen LogP contribution in [0.25, 0.3) is 0 Å². The van der Waals surface area contributed by atoms with Crippen molar-refractivity contribution in [3.05, 3.63) is 11.8 Å². The van der Waals surface area contributed by atoms with Crippen molar-refractivity contribution in [2.24, 2.45) is 5.92 Å². The zero-order valence-corrected chi connectivity index (χ0v) is 11.3. The van der Waals surface area contributed by atoms with E-state index in [0.29, 0.717) is 30.4 Å². The predicted octanol–water partition coefficient (Wildman–Crippen LogP) is 2.02. The van der Waals surface area contributed by atoms with E-state index in [-0.39, 0.29) is 0 Å². The second-order valence-corrected chi connectivity index (χ2v) is 4.70. The van der Waals surface area contributed by atoms with Crippen LogP contribution in [0, 0.1) is 12.8 Å². The van der Waals surface area contributed by atoms with Crippen molar-refractivity contribution in [1.82, 2.24) is 9.97 Å². The number of anilines is 1. The van der Waals surface area contributed by atoms with E-state index < -0.39 is 0 Å². The van der Waals surface area contributed by atoms with E-state index in [1.165, 1.54) is 0 Å². The van der Waals surface area contributed by atoms with Crippen molar-refractivity contribution in [1.29, 1.82) is 0 Å². The van der Waals surface area contributed by atoms with Crippen LogP contribution in [0.3, 0.4) is 0 Å². The normalized spacial score (nSPS) is 23.7. The molecule has 1 fully saturated rings. The topological polar surface area (TPSA) is 56.3 Å². The quantitative estimate of drug-likeness (QED) is 0.887. The summed E-state index contributed by atoms with van der Waals surface area (Å²) in [5, 5.41) is 3.39. The standard InChI is InChI=1S/C13H21N3O2/c1-4-18-12-7-10(3)14-13(16-12)15-11-5-6-17-8-9(11)2/h7,9,11H,4-6,8H2,1-3H3,(H,14,15,16). The SMILES string of the molecule is CCOc1cc(C)nc(NC2CCOCC2C)n1. The molecule has 2 heterocycles. The van der Waals surface area contributed by atoms with Gasteiger partial charge < -0.3 is 14.8 Å². The fourth-order valence-electron chi connectivity index (χ4n) is 2.09. The van der Waals surface area contributed by atoms with Gasteiger partial charge >= 0.3 is 0 Å². The molecule has 5 nitrogen and oxygen atoms in total. The molecule has 0 bridgehead atoms. The Morgan fingerprint density at radius 2 is 2.33 bits per heavy atom. The highest BCUT2D eigenvalue weighted by Crippen LogP contribution is 2.19. The molecule has 1 N–H and O–H groups in total. The first kappa shape index (κ1) is 13.1. The van der Waals surface area contributed by atoms with E-state index in [1.807, 2.05) is 19.9 Å². The second-order valence-electron chi connectivity index (χ2n) is 4.70. The Bertz CT molecular complexity index is 398. The van der Waals surface area contributed by atoms with E-state index in [9.17, 15) is 0 Å². The first-order valence-electron chi connectivity index (χ1n) is 6.51. The van der Waals surface area contributed by atoms with Crippen molar-refractivity contribution in [3.63, 3.8) is 0 Å². The average molecular weight is 251 g/mol. The Balaban J connectivity index is 2.07. The molecular weight excluding hydrogens is 230 g/mol. The third-order valence-electron chi connectivity index (χ3n) is 3.08. The van der Waals surface area contributed by atoms with E-state index >= 15 is 0 Å². The Labute approximate surface area is 108 Å². The third-order valence-corrected chi connectivity index (χ3v) is 3.08. The molecule has 1 aliphatic rings. The van der Waals surface area contributed by atoms with E-state index in [4.69, 9.17) is 9.47 Å². The largest absolute Gasteiger partial charge is 0.478 e. The van der Waals surface area contributed by atoms with Crippen LogP contribution in [0.15, 0.2) is 6.07 Å². The molecule has 0 spiro atoms. The van der Waals surface area contributed by atoms with Gasteiger partial charge in [0, 0.05) is 24.4 Å². The maximum Gasteiger partial charge on any atom is 0.226 e. The Kier molecular flexibility index (Phi) is 4.36. The summed E-state index contributed by atoms with van der Waals surface area (Å²) in [4.78, 5) is 8.77. The lowest BCUT2D eigenvalue weighted by Gasteiger charge is -2.29. The number of rotatable bonds is 4. The number of aromatic nitrogens is 2. The van der Waals surface area contributed by atoms with Crippen LogP contribution in [0.1, 0.15) is 26.0 Å². The fraction of sp³-hybridized carbons (Fsp3) is 0.692. The lowest BCUT2D eigenvalue weighted by Crippen LogP contribution is -2.36. The summed E-state index contributed by atoms with van der Waals surface area (Å²) in [6.07, 6.45) is 0.989. The number of nitrogens with one attached hydrogen (secondary N) is 1. The monoisotopic (exact) mass is 251 g/mol. The van der Waals surface area contributed by atoms with Crippen LogP contribution in [0.4, 0.5) is 5.95 Å². The summed E-state index contributed by atoms with van der Waals surface area (Å²) in [5.41, 5.74) is 0.913. The number of nitrogens with zero attached hydrogens (tertiary/aromatic N) is 2. The molecule has 18 heavy (non-hydrogen) atoms. The van der Waals surface area contributed by atoms with Gasteiger partial charge in [-0.25, -0.2) is 4.98 Å². The van der Waals surface area contributed by atoms with Gasteiger partial charge in [-0.1, -0.05) is 6.92 Å². The highest BCUT2D eigenvalue weighted by atomic mass is 16.5. The van der Waals surface area contributed by atoms with Gasteiger partial charge in [0.1, 0.15) is 0 Å². The van der Waals surface area contributed by atoms with E-state index in [2.05, 4.69) is 22.2 Å². The van der Waals surface area contributed by atoms with Crippen LogP contribution in [-0.2, 0) is 4.74 Å². The van der Waals surface area contributed by atoms with Crippen LogP contribution < -0.4 is 10.1 Å². The van der Waals surface area contributed by atoms with E-state index in [0.717, 1.165) is 25.3 Å². The van der Waals surface area contributed by atoms with Crippen molar-refractivity contribution >= 4 is 5.95 Å². The molecule has 1 aliphatic heterocycles. The lowest BCUT2D eigenvalue weighted by molar-refractivity contribution is 0.0536. The van der Waals surface area contributed by atoms with Gasteiger partial charge in [0.25, 0.3) is 0 Å². The molecule has 0 radical (unpaired) electrons. The Hall–Kier alpha value is -1.36. The molecular formula is C13H21N3O2. The summed E-state index contributed by atoms with van der Waals surface area (Å²) in [6.45, 7) is 8.28. The smallest absolute Gasteiger partial charge is 0.226 e. The third kappa shape index (κ3) is 3.32. The second kappa shape index (κ2) is 6.00. The molecule has 0 aliphatic carbocycles. The van der Waals surface area contributed by atoms with Gasteiger partial charge in [-0.05, 0) is 26.2 Å². The van der Waals surface area contributed by atoms with Gasteiger partial charge in [0.15, 0.2) is 0 Å². The molecule has 1 aromatic heterocycles. The maximum absolute atomic E-state index is 5.43. The van der Waals surface area contributed by atoms with Crippen LogP contribution in [0.5, 0.6) is 5.88 Å². The summed E-state index contributed by atoms with van der Waals surface area (Å²) in [5.74, 6) is 1.75. The van der Waals surface area contributed by atoms with Gasteiger partial charge in [-0.3, -0.25) is 0 Å². The van der Waals surface area contributed by atoms with Gasteiger partial charge in [-0.2, -0.15) is 4.98 Å². The van der Waals surface area contributed by atoms with Crippen LogP contribution >= 0.6 is 0 Å². The molecule has 2 unspecified atom stereocenters. The molecule has 100 valence electrons. The minimum Gasteiger partial charge on any atom is -0.478 e. The van der Waals surface area contributed by atoms with Gasteiger partial charge in [-0.15, -0.1) is 0 Å². The maximum atomic E-state index is 5.43. The molecule has 1 saturated heterocycles. The average Bonchev–Trinajstić information content (AvgIpc) is 2.32. The van der Waals surface area contributed by atoms with E-state index in [1.54, 1.807) is 0 Å². The predicted molar refractivity (Wildman–Crippen MR) is 69.9 cm³/mol. The number of hydrogen-bond donors (Lipinski definition) is 1. The van der Waals surface area contributed by atoms with Gasteiger partial charge in [0.05, 0.1) is 13.2 Å². The molecule has 0 aromatic carbocycles. The van der Waals surface area contributed by atoms with Crippen molar-refractivity contribution < 1.29 is 9.47 Å². The molecule has 0 amide bonds. The van der Waals surface area contributed by atoms with Gasteiger partial charge in [0.2, 0.25) is 11.8 Å². The number of hydrogen-bond acceptors (Lipinski definition) is 5. The minimum atomic E-state index is 0.370. The van der Waals surface area contributed by atoms with Crippen molar-refractivity contribution in [3.8, 4) is 5.88 Å². The highest BCUT2D eigenvalue weighted by molar-refractivity contribution is 5.32. The Morgan fingerprint density at radius 3 is 3.06 bits per heavy atom. The zero-order chi connectivity index (χ0) is 13.0. The first-order chi connectivity index (χ1) is 8.69. The fourth-order valence-corrected chi connectivity index (χ4v) is 2.09. The molecule has 0 saturated carbocycles. The summed E-state index contributed by atoms with van der Waals surface area (Å²) in [7, 11) is 0. The summed E-state index contributed by atoms with van der Waals surface area (Å²) in [6, 6.07) is 2.22. The lowest BCUT2D eigenvalue weighted by atomic mass is 9.98. The molecule has 2 atom stereocenters. The Morgan fingerprint density at radius 1 is 1.50 bits per heavy atom. The van der Waals surface area contributed by atoms with Crippen LogP contribution in [0.2, 0.25) is 0 Å². The first-order valence-corrected chi connectivity index (χ1v) is 6.51. The minimum absolute atomic E-state index is 0.370. The zero-order valence-electron chi connectivity index (χ0n) is 11.3.